The molecule has 0 bridgehead atoms. The van der Waals surface area contributed by atoms with Crippen molar-refractivity contribution in [2.24, 2.45) is 5.92 Å². The average molecular weight is 381 g/mol. The summed E-state index contributed by atoms with van der Waals surface area (Å²) < 4.78 is 5.63. The summed E-state index contributed by atoms with van der Waals surface area (Å²) in [5, 5.41) is 20.6. The Morgan fingerprint density at radius 3 is 2.43 bits per heavy atom. The standard InChI is InChI=1S/C22H23NO5/c1-13(2)12-28-17-9-7-14(8-10-17)20(25)18-19(23(3)22(27)21(18)26)15-5-4-6-16(24)11-15/h4-11,13,19,24-25H,12H2,1-3H3/t19-/m0/s1. The number of ketones is 1. The summed E-state index contributed by atoms with van der Waals surface area (Å²) >= 11 is 0. The number of aliphatic hydroxyl groups is 1. The lowest BCUT2D eigenvalue weighted by Gasteiger charge is -2.21. The third-order valence-corrected chi connectivity index (χ3v) is 4.57. The van der Waals surface area contributed by atoms with Gasteiger partial charge in [0.15, 0.2) is 0 Å². The number of Topliss-reactive ketones (excluding diaryl/α,β-unsaturated/α-hetero) is 1. The molecule has 3 rings (SSSR count). The number of nitrogens with zero attached hydrogens (tertiary/aromatic N) is 1. The van der Waals surface area contributed by atoms with E-state index in [1.54, 1.807) is 36.4 Å². The van der Waals surface area contributed by atoms with Gasteiger partial charge in [0.25, 0.3) is 11.7 Å². The Balaban J connectivity index is 2.00. The van der Waals surface area contributed by atoms with E-state index in [-0.39, 0.29) is 17.1 Å². The van der Waals surface area contributed by atoms with Crippen molar-refractivity contribution < 1.29 is 24.5 Å². The lowest BCUT2D eigenvalue weighted by molar-refractivity contribution is -0.139. The van der Waals surface area contributed by atoms with Crippen molar-refractivity contribution in [1.29, 1.82) is 0 Å². The smallest absolute Gasteiger partial charge is 0.295 e. The minimum atomic E-state index is -0.774. The summed E-state index contributed by atoms with van der Waals surface area (Å²) in [4.78, 5) is 26.1. The van der Waals surface area contributed by atoms with Gasteiger partial charge in [-0.2, -0.15) is 0 Å². The fourth-order valence-corrected chi connectivity index (χ4v) is 3.16. The van der Waals surface area contributed by atoms with Gasteiger partial charge in [-0.1, -0.05) is 26.0 Å². The summed E-state index contributed by atoms with van der Waals surface area (Å²) in [5.74, 6) is -0.656. The van der Waals surface area contributed by atoms with Gasteiger partial charge in [0, 0.05) is 12.6 Å². The number of phenols is 1. The Hall–Kier alpha value is -3.28. The second kappa shape index (κ2) is 7.76. The molecule has 6 nitrogen and oxygen atoms in total. The predicted molar refractivity (Wildman–Crippen MR) is 105 cm³/mol. The third-order valence-electron chi connectivity index (χ3n) is 4.57. The van der Waals surface area contributed by atoms with Crippen LogP contribution in [-0.4, -0.2) is 40.5 Å². The summed E-state index contributed by atoms with van der Waals surface area (Å²) in [6.07, 6.45) is 0. The normalized spacial score (nSPS) is 18.7. The molecule has 2 aromatic carbocycles. The number of carbonyl (C=O) groups is 2. The minimum absolute atomic E-state index is 0.00560. The van der Waals surface area contributed by atoms with E-state index in [4.69, 9.17) is 4.74 Å². The van der Waals surface area contributed by atoms with Crippen LogP contribution in [0.4, 0.5) is 0 Å². The van der Waals surface area contributed by atoms with Crippen molar-refractivity contribution in [1.82, 2.24) is 4.90 Å². The first kappa shape index (κ1) is 19.5. The van der Waals surface area contributed by atoms with Crippen LogP contribution < -0.4 is 4.74 Å². The van der Waals surface area contributed by atoms with Crippen molar-refractivity contribution in [2.75, 3.05) is 13.7 Å². The van der Waals surface area contributed by atoms with Crippen LogP contribution >= 0.6 is 0 Å². The molecule has 1 aliphatic heterocycles. The van der Waals surface area contributed by atoms with Crippen molar-refractivity contribution in [2.45, 2.75) is 19.9 Å². The van der Waals surface area contributed by atoms with E-state index in [0.29, 0.717) is 29.4 Å². The molecule has 2 N–H and O–H groups in total. The molecule has 0 unspecified atom stereocenters. The van der Waals surface area contributed by atoms with E-state index >= 15 is 0 Å². The van der Waals surface area contributed by atoms with E-state index in [1.807, 2.05) is 13.8 Å². The molecule has 28 heavy (non-hydrogen) atoms. The number of rotatable bonds is 5. The Kier molecular flexibility index (Phi) is 5.40. The number of hydrogen-bond donors (Lipinski definition) is 2. The summed E-state index contributed by atoms with van der Waals surface area (Å²) in [6, 6.07) is 12.2. The van der Waals surface area contributed by atoms with Gasteiger partial charge in [0.05, 0.1) is 18.2 Å². The Morgan fingerprint density at radius 1 is 1.14 bits per heavy atom. The molecule has 1 saturated heterocycles. The van der Waals surface area contributed by atoms with Crippen molar-refractivity contribution in [3.05, 3.63) is 65.2 Å². The zero-order valence-electron chi connectivity index (χ0n) is 16.0. The average Bonchev–Trinajstić information content (AvgIpc) is 2.90. The van der Waals surface area contributed by atoms with Crippen LogP contribution in [-0.2, 0) is 9.59 Å². The van der Waals surface area contributed by atoms with Crippen molar-refractivity contribution in [3.8, 4) is 11.5 Å². The maximum Gasteiger partial charge on any atom is 0.295 e. The molecule has 1 fully saturated rings. The maximum absolute atomic E-state index is 12.5. The summed E-state index contributed by atoms with van der Waals surface area (Å²) in [7, 11) is 1.50. The van der Waals surface area contributed by atoms with Crippen LogP contribution in [0.3, 0.4) is 0 Å². The zero-order chi connectivity index (χ0) is 20.4. The van der Waals surface area contributed by atoms with Crippen LogP contribution in [0.25, 0.3) is 5.76 Å². The quantitative estimate of drug-likeness (QED) is 0.470. The number of carbonyl (C=O) groups excluding carboxylic acids is 2. The first-order valence-electron chi connectivity index (χ1n) is 9.06. The molecule has 0 radical (unpaired) electrons. The van der Waals surface area contributed by atoms with Gasteiger partial charge in [0.1, 0.15) is 17.3 Å². The number of ether oxygens (including phenoxy) is 1. The van der Waals surface area contributed by atoms with Crippen LogP contribution in [0.1, 0.15) is 31.0 Å². The van der Waals surface area contributed by atoms with Crippen molar-refractivity contribution in [3.63, 3.8) is 0 Å². The summed E-state index contributed by atoms with van der Waals surface area (Å²) in [6.45, 7) is 4.67. The molecule has 1 atom stereocenters. The number of likely N-dealkylation sites (N-methyl/N-ethyl adjacent to an activating group) is 1. The molecule has 1 amide bonds. The number of benzene rings is 2. The van der Waals surface area contributed by atoms with Gasteiger partial charge in [-0.05, 0) is 47.9 Å². The second-order valence-electron chi connectivity index (χ2n) is 7.23. The molecule has 6 heteroatoms. The molecule has 2 aromatic rings. The minimum Gasteiger partial charge on any atom is -0.508 e. The number of likely N-dealkylation sites (tertiary alicyclic amines) is 1. The Morgan fingerprint density at radius 2 is 1.82 bits per heavy atom. The monoisotopic (exact) mass is 381 g/mol. The van der Waals surface area contributed by atoms with Gasteiger partial charge in [0.2, 0.25) is 0 Å². The highest BCUT2D eigenvalue weighted by Crippen LogP contribution is 2.39. The lowest BCUT2D eigenvalue weighted by Crippen LogP contribution is -2.24. The predicted octanol–water partition coefficient (Wildman–Crippen LogP) is 3.48. The fraction of sp³-hybridized carbons (Fsp3) is 0.273. The summed E-state index contributed by atoms with van der Waals surface area (Å²) in [5.41, 5.74) is 0.947. The van der Waals surface area contributed by atoms with Crippen LogP contribution in [0.5, 0.6) is 11.5 Å². The molecule has 0 spiro atoms. The topological polar surface area (TPSA) is 87.1 Å². The number of hydrogen-bond acceptors (Lipinski definition) is 5. The molecule has 0 aromatic heterocycles. The number of phenolic OH excluding ortho intramolecular Hbond substituents is 1. The highest BCUT2D eigenvalue weighted by atomic mass is 16.5. The highest BCUT2D eigenvalue weighted by molar-refractivity contribution is 6.46. The molecule has 0 aliphatic carbocycles. The van der Waals surface area contributed by atoms with E-state index in [0.717, 1.165) is 0 Å². The van der Waals surface area contributed by atoms with Crippen LogP contribution in [0.15, 0.2) is 54.1 Å². The number of aliphatic hydroxyl groups excluding tert-OH is 1. The van der Waals surface area contributed by atoms with Gasteiger partial charge in [-0.25, -0.2) is 0 Å². The molecule has 146 valence electrons. The van der Waals surface area contributed by atoms with Gasteiger partial charge >= 0.3 is 0 Å². The van der Waals surface area contributed by atoms with Gasteiger partial charge in [-0.15, -0.1) is 0 Å². The van der Waals surface area contributed by atoms with Crippen molar-refractivity contribution >= 4 is 17.4 Å². The molecule has 1 aliphatic rings. The first-order valence-corrected chi connectivity index (χ1v) is 9.06. The number of amides is 1. The van der Waals surface area contributed by atoms with E-state index < -0.39 is 17.7 Å². The second-order valence-corrected chi connectivity index (χ2v) is 7.23. The maximum atomic E-state index is 12.5. The Labute approximate surface area is 163 Å². The van der Waals surface area contributed by atoms with Gasteiger partial charge < -0.3 is 19.8 Å². The van der Waals surface area contributed by atoms with E-state index in [2.05, 4.69) is 0 Å². The number of aromatic hydroxyl groups is 1. The fourth-order valence-electron chi connectivity index (χ4n) is 3.16. The molecular formula is C22H23NO5. The molecule has 0 saturated carbocycles. The first-order chi connectivity index (χ1) is 13.3. The highest BCUT2D eigenvalue weighted by Gasteiger charge is 2.44. The van der Waals surface area contributed by atoms with Crippen LogP contribution in [0.2, 0.25) is 0 Å². The zero-order valence-corrected chi connectivity index (χ0v) is 16.0. The Bertz CT molecular complexity index is 930. The SMILES string of the molecule is CC(C)COc1ccc(C(O)=C2C(=O)C(=O)N(C)[C@H]2c2cccc(O)c2)cc1. The van der Waals surface area contributed by atoms with Crippen LogP contribution in [0, 0.1) is 5.92 Å². The molecular weight excluding hydrogens is 358 g/mol. The van der Waals surface area contributed by atoms with E-state index in [1.165, 1.54) is 24.1 Å². The van der Waals surface area contributed by atoms with E-state index in [9.17, 15) is 19.8 Å². The largest absolute Gasteiger partial charge is 0.508 e. The third kappa shape index (κ3) is 3.71. The lowest BCUT2D eigenvalue weighted by atomic mass is 9.95. The molecule has 1 heterocycles. The van der Waals surface area contributed by atoms with Gasteiger partial charge in [-0.3, -0.25) is 9.59 Å².